The number of nitrogens with one attached hydrogen (secondary N) is 1. The van der Waals surface area contributed by atoms with Gasteiger partial charge in [-0.05, 0) is 48.5 Å². The van der Waals surface area contributed by atoms with Crippen LogP contribution in [0.3, 0.4) is 0 Å². The van der Waals surface area contributed by atoms with Crippen LogP contribution >= 0.6 is 0 Å². The maximum absolute atomic E-state index is 5.61. The monoisotopic (exact) mass is 227 g/mol. The van der Waals surface area contributed by atoms with Gasteiger partial charge in [0.05, 0.1) is 5.69 Å². The van der Waals surface area contributed by atoms with Crippen molar-refractivity contribution in [2.45, 2.75) is 0 Å². The fourth-order valence-corrected chi connectivity index (χ4v) is 1.41. The molecule has 5 N–H and O–H groups in total. The second kappa shape index (κ2) is 4.98. The molecule has 17 heavy (non-hydrogen) atoms. The van der Waals surface area contributed by atoms with Crippen LogP contribution in [0.1, 0.15) is 0 Å². The van der Waals surface area contributed by atoms with E-state index in [1.807, 2.05) is 48.5 Å². The predicted molar refractivity (Wildman–Crippen MR) is 69.3 cm³/mol. The van der Waals surface area contributed by atoms with Crippen LogP contribution in [-0.2, 0) is 0 Å². The van der Waals surface area contributed by atoms with Gasteiger partial charge in [0.25, 0.3) is 0 Å². The Morgan fingerprint density at radius 3 is 1.88 bits per heavy atom. The Morgan fingerprint density at radius 2 is 1.35 bits per heavy atom. The lowest BCUT2D eigenvalue weighted by molar-refractivity contribution is 1.06. The molecule has 0 saturated heterocycles. The Hall–Kier alpha value is -2.56. The predicted octanol–water partition coefficient (Wildman–Crippen LogP) is 2.97. The number of rotatable bonds is 3. The third-order valence-electron chi connectivity index (χ3n) is 2.24. The molecule has 0 amide bonds. The summed E-state index contributed by atoms with van der Waals surface area (Å²) in [6, 6.07) is 15.0. The van der Waals surface area contributed by atoms with E-state index >= 15 is 0 Å². The van der Waals surface area contributed by atoms with Gasteiger partial charge in [-0.25, -0.2) is 0 Å². The van der Waals surface area contributed by atoms with Gasteiger partial charge in [0.15, 0.2) is 0 Å². The Labute approximate surface area is 99.1 Å². The summed E-state index contributed by atoms with van der Waals surface area (Å²) < 4.78 is 0. The van der Waals surface area contributed by atoms with E-state index in [4.69, 9.17) is 11.6 Å². The lowest BCUT2D eigenvalue weighted by atomic mass is 10.2. The van der Waals surface area contributed by atoms with E-state index < -0.39 is 0 Å². The van der Waals surface area contributed by atoms with Gasteiger partial charge in [0.2, 0.25) is 0 Å². The zero-order valence-electron chi connectivity index (χ0n) is 9.17. The van der Waals surface area contributed by atoms with Gasteiger partial charge in [0, 0.05) is 17.1 Å². The van der Waals surface area contributed by atoms with Gasteiger partial charge < -0.3 is 16.9 Å². The first-order valence-corrected chi connectivity index (χ1v) is 5.11. The van der Waals surface area contributed by atoms with E-state index in [2.05, 4.69) is 15.7 Å². The summed E-state index contributed by atoms with van der Waals surface area (Å²) >= 11 is 0. The largest absolute Gasteiger partial charge is 0.399 e. The Morgan fingerprint density at radius 1 is 0.824 bits per heavy atom. The van der Waals surface area contributed by atoms with Crippen molar-refractivity contribution in [1.82, 2.24) is 0 Å². The highest BCUT2D eigenvalue weighted by molar-refractivity contribution is 5.63. The molecule has 0 spiro atoms. The molecule has 86 valence electrons. The molecule has 0 bridgehead atoms. The van der Waals surface area contributed by atoms with Gasteiger partial charge in [-0.15, -0.1) is 5.11 Å². The van der Waals surface area contributed by atoms with Gasteiger partial charge in [0.1, 0.15) is 0 Å². The molecule has 5 heteroatoms. The van der Waals surface area contributed by atoms with Crippen LogP contribution in [0.25, 0.3) is 0 Å². The Balaban J connectivity index is 2.11. The zero-order chi connectivity index (χ0) is 12.1. The minimum Gasteiger partial charge on any atom is -0.399 e. The number of nitrogens with two attached hydrogens (primary N) is 2. The summed E-state index contributed by atoms with van der Waals surface area (Å²) in [6.07, 6.45) is 0. The van der Waals surface area contributed by atoms with Crippen LogP contribution in [-0.4, -0.2) is 0 Å². The average Bonchev–Trinajstić information content (AvgIpc) is 2.35. The number of hydrogen-bond acceptors (Lipinski definition) is 4. The fourth-order valence-electron chi connectivity index (χ4n) is 1.41. The molecule has 0 fully saturated rings. The Bertz CT molecular complexity index is 501. The van der Waals surface area contributed by atoms with Crippen LogP contribution in [0.4, 0.5) is 22.7 Å². The number of benzene rings is 2. The highest BCUT2D eigenvalue weighted by Gasteiger charge is 1.95. The topological polar surface area (TPSA) is 88.8 Å². The lowest BCUT2D eigenvalue weighted by Crippen LogP contribution is -1.90. The molecule has 2 aromatic rings. The van der Waals surface area contributed by atoms with Crippen molar-refractivity contribution in [3.05, 3.63) is 48.5 Å². The third kappa shape index (κ3) is 2.94. The van der Waals surface area contributed by atoms with Crippen molar-refractivity contribution < 1.29 is 0 Å². The zero-order valence-corrected chi connectivity index (χ0v) is 9.17. The van der Waals surface area contributed by atoms with Crippen molar-refractivity contribution >= 4 is 22.7 Å². The first kappa shape index (κ1) is 10.9. The third-order valence-corrected chi connectivity index (χ3v) is 2.24. The fraction of sp³-hybridized carbons (Fsp3) is 0. The van der Waals surface area contributed by atoms with E-state index in [-0.39, 0.29) is 0 Å². The number of nitrogens with zero attached hydrogens (tertiary/aromatic N) is 2. The number of anilines is 3. The van der Waals surface area contributed by atoms with Gasteiger partial charge >= 0.3 is 0 Å². The molecule has 0 atom stereocenters. The average molecular weight is 227 g/mol. The van der Waals surface area contributed by atoms with Crippen LogP contribution in [0.2, 0.25) is 0 Å². The summed E-state index contributed by atoms with van der Waals surface area (Å²) in [7, 11) is 0. The van der Waals surface area contributed by atoms with Crippen LogP contribution in [0.5, 0.6) is 0 Å². The van der Waals surface area contributed by atoms with Crippen LogP contribution in [0.15, 0.2) is 58.9 Å². The maximum Gasteiger partial charge on any atom is 0.0875 e. The van der Waals surface area contributed by atoms with E-state index in [1.54, 1.807) is 0 Å². The lowest BCUT2D eigenvalue weighted by Gasteiger charge is -2.06. The minimum absolute atomic E-state index is 0.718. The molecule has 0 unspecified atom stereocenters. The maximum atomic E-state index is 5.61. The first-order valence-electron chi connectivity index (χ1n) is 5.11. The summed E-state index contributed by atoms with van der Waals surface area (Å²) in [5, 5.41) is 10.2. The normalized spacial score (nSPS) is 10.6. The van der Waals surface area contributed by atoms with Crippen molar-refractivity contribution in [2.24, 2.45) is 16.2 Å². The van der Waals surface area contributed by atoms with Gasteiger partial charge in [-0.2, -0.15) is 0 Å². The first-order chi connectivity index (χ1) is 8.28. The number of nitrogen functional groups attached to an aromatic ring is 1. The summed E-state index contributed by atoms with van der Waals surface area (Å²) in [5.41, 5.74) is 9.02. The molecule has 0 aromatic heterocycles. The van der Waals surface area contributed by atoms with Gasteiger partial charge in [-0.1, -0.05) is 5.22 Å². The molecule has 5 nitrogen and oxygen atoms in total. The summed E-state index contributed by atoms with van der Waals surface area (Å²) in [6.45, 7) is 0. The van der Waals surface area contributed by atoms with E-state index in [1.165, 1.54) is 0 Å². The van der Waals surface area contributed by atoms with Crippen molar-refractivity contribution in [1.29, 1.82) is 0 Å². The second-order valence-corrected chi connectivity index (χ2v) is 3.51. The molecule has 0 aliphatic heterocycles. The van der Waals surface area contributed by atoms with Crippen molar-refractivity contribution in [2.75, 3.05) is 11.1 Å². The summed E-state index contributed by atoms with van der Waals surface area (Å²) in [4.78, 5) is 0. The molecule has 0 saturated carbocycles. The van der Waals surface area contributed by atoms with Crippen molar-refractivity contribution in [3.8, 4) is 0 Å². The van der Waals surface area contributed by atoms with Crippen LogP contribution < -0.4 is 16.9 Å². The molecule has 0 aliphatic carbocycles. The Kier molecular flexibility index (Phi) is 3.20. The molecular weight excluding hydrogens is 214 g/mol. The molecule has 0 radical (unpaired) electrons. The second-order valence-electron chi connectivity index (χ2n) is 3.51. The number of hydrogen-bond donors (Lipinski definition) is 3. The van der Waals surface area contributed by atoms with E-state index in [9.17, 15) is 0 Å². The minimum atomic E-state index is 0.718. The van der Waals surface area contributed by atoms with Crippen molar-refractivity contribution in [3.63, 3.8) is 0 Å². The van der Waals surface area contributed by atoms with Gasteiger partial charge in [-0.3, -0.25) is 0 Å². The molecular formula is C12H13N5. The molecule has 2 rings (SSSR count). The molecule has 0 aliphatic rings. The smallest absolute Gasteiger partial charge is 0.0875 e. The molecule has 0 heterocycles. The van der Waals surface area contributed by atoms with E-state index in [0.717, 1.165) is 22.7 Å². The summed E-state index contributed by atoms with van der Waals surface area (Å²) in [5.74, 6) is 4.97. The highest BCUT2D eigenvalue weighted by atomic mass is 15.3. The quantitative estimate of drug-likeness (QED) is 0.326. The van der Waals surface area contributed by atoms with Crippen LogP contribution in [0, 0.1) is 0 Å². The SMILES string of the molecule is NN=Nc1ccc(Nc2ccc(N)cc2)cc1. The standard InChI is InChI=1S/C12H13N5/c13-9-1-3-10(4-2-9)15-11-5-7-12(8-6-11)16-17-14/h1-8,15H,13H2,(H2,14,16). The molecule has 2 aromatic carbocycles. The van der Waals surface area contributed by atoms with E-state index in [0.29, 0.717) is 0 Å². The highest BCUT2D eigenvalue weighted by Crippen LogP contribution is 2.20.